The molecule has 0 amide bonds. The molecule has 3 aromatic rings. The molecule has 0 spiro atoms. The second kappa shape index (κ2) is 8.46. The average Bonchev–Trinajstić information content (AvgIpc) is 3.41. The van der Waals surface area contributed by atoms with Gasteiger partial charge >= 0.3 is 6.36 Å². The van der Waals surface area contributed by atoms with E-state index in [0.717, 1.165) is 6.07 Å². The molecule has 0 saturated heterocycles. The van der Waals surface area contributed by atoms with Crippen LogP contribution in [0.25, 0.3) is 34.0 Å². The molecule has 35 heavy (non-hydrogen) atoms. The quantitative estimate of drug-likeness (QED) is 0.299. The number of nitrogens with zero attached hydrogens (tertiary/aromatic N) is 5. The number of benzene rings is 2. The highest BCUT2D eigenvalue weighted by atomic mass is 19.4. The summed E-state index contributed by atoms with van der Waals surface area (Å²) >= 11 is 0. The summed E-state index contributed by atoms with van der Waals surface area (Å²) in [4.78, 5) is 8.47. The second-order valence-electron chi connectivity index (χ2n) is 7.59. The van der Waals surface area contributed by atoms with Crippen LogP contribution >= 0.6 is 0 Å². The van der Waals surface area contributed by atoms with E-state index >= 15 is 0 Å². The SMILES string of the molecule is Cc1cc(OC(F)(F)F)ccc1-c1cc(Cn2cc3nc(-c4cccc(F)c4F)nc-3cn2)on1. The van der Waals surface area contributed by atoms with Gasteiger partial charge in [0.1, 0.15) is 29.4 Å². The first-order chi connectivity index (χ1) is 16.7. The molecule has 2 aliphatic heterocycles. The van der Waals surface area contributed by atoms with Crippen molar-refractivity contribution >= 4 is 0 Å². The van der Waals surface area contributed by atoms with Crippen LogP contribution in [0.3, 0.4) is 0 Å². The largest absolute Gasteiger partial charge is 0.573 e. The lowest BCUT2D eigenvalue weighted by molar-refractivity contribution is -0.274. The van der Waals surface area contributed by atoms with Gasteiger partial charge in [-0.1, -0.05) is 11.2 Å². The molecule has 0 radical (unpaired) electrons. The van der Waals surface area contributed by atoms with E-state index in [1.165, 1.54) is 41.2 Å². The van der Waals surface area contributed by atoms with Crippen LogP contribution < -0.4 is 4.74 Å². The zero-order valence-electron chi connectivity index (χ0n) is 17.8. The van der Waals surface area contributed by atoms with Gasteiger partial charge in [0.2, 0.25) is 0 Å². The lowest BCUT2D eigenvalue weighted by Gasteiger charge is -2.10. The van der Waals surface area contributed by atoms with Gasteiger partial charge in [0.05, 0.1) is 18.0 Å². The van der Waals surface area contributed by atoms with E-state index < -0.39 is 18.0 Å². The number of alkyl halides is 3. The number of aryl methyl sites for hydroxylation is 1. The minimum absolute atomic E-state index is 0.0342. The van der Waals surface area contributed by atoms with Crippen LogP contribution in [-0.4, -0.2) is 31.3 Å². The van der Waals surface area contributed by atoms with Crippen molar-refractivity contribution in [2.24, 2.45) is 0 Å². The summed E-state index contributed by atoms with van der Waals surface area (Å²) in [6, 6.07) is 9.31. The lowest BCUT2D eigenvalue weighted by atomic mass is 10.1. The Balaban J connectivity index is 1.37. The fourth-order valence-corrected chi connectivity index (χ4v) is 3.54. The predicted octanol–water partition coefficient (Wildman–Crippen LogP) is 5.63. The third-order valence-corrected chi connectivity index (χ3v) is 5.09. The molecule has 178 valence electrons. The number of ether oxygens (including phenoxy) is 1. The highest BCUT2D eigenvalue weighted by Crippen LogP contribution is 2.30. The minimum atomic E-state index is -4.78. The molecule has 0 fully saturated rings. The van der Waals surface area contributed by atoms with Crippen LogP contribution in [0.4, 0.5) is 22.0 Å². The Hall–Kier alpha value is -4.35. The van der Waals surface area contributed by atoms with Gasteiger partial charge in [0.25, 0.3) is 0 Å². The second-order valence-corrected chi connectivity index (χ2v) is 7.59. The van der Waals surface area contributed by atoms with Crippen LogP contribution in [0.2, 0.25) is 0 Å². The average molecular weight is 487 g/mol. The van der Waals surface area contributed by atoms with E-state index in [-0.39, 0.29) is 23.7 Å². The molecule has 12 heteroatoms. The first-order valence-electron chi connectivity index (χ1n) is 10.1. The fraction of sp³-hybridized carbons (Fsp3) is 0.130. The molecule has 0 saturated carbocycles. The highest BCUT2D eigenvalue weighted by Gasteiger charge is 2.31. The molecule has 2 aliphatic rings. The molecule has 0 aliphatic carbocycles. The van der Waals surface area contributed by atoms with E-state index in [9.17, 15) is 22.0 Å². The monoisotopic (exact) mass is 487 g/mol. The third kappa shape index (κ3) is 4.67. The van der Waals surface area contributed by atoms with E-state index in [1.807, 2.05) is 0 Å². The molecular weight excluding hydrogens is 473 g/mol. The molecule has 0 atom stereocenters. The van der Waals surface area contributed by atoms with Crippen LogP contribution in [0, 0.1) is 18.6 Å². The fourth-order valence-electron chi connectivity index (χ4n) is 3.54. The zero-order chi connectivity index (χ0) is 24.7. The summed E-state index contributed by atoms with van der Waals surface area (Å²) in [7, 11) is 0. The van der Waals surface area contributed by atoms with Gasteiger partial charge in [0, 0.05) is 11.6 Å². The number of fused-ring (bicyclic) bond motifs is 1. The maximum atomic E-state index is 14.1. The summed E-state index contributed by atoms with van der Waals surface area (Å²) in [5.74, 6) is -1.91. The van der Waals surface area contributed by atoms with Crippen molar-refractivity contribution in [1.29, 1.82) is 0 Å². The van der Waals surface area contributed by atoms with E-state index in [0.29, 0.717) is 34.0 Å². The topological polar surface area (TPSA) is 78.9 Å². The van der Waals surface area contributed by atoms with Gasteiger partial charge < -0.3 is 9.26 Å². The number of aromatic nitrogens is 5. The molecule has 0 N–H and O–H groups in total. The van der Waals surface area contributed by atoms with Crippen molar-refractivity contribution in [3.05, 3.63) is 77.8 Å². The van der Waals surface area contributed by atoms with Crippen LogP contribution in [0.15, 0.2) is 59.4 Å². The Morgan fingerprint density at radius 1 is 0.971 bits per heavy atom. The number of hydrogen-bond acceptors (Lipinski definition) is 6. The Morgan fingerprint density at radius 3 is 2.54 bits per heavy atom. The summed E-state index contributed by atoms with van der Waals surface area (Å²) in [5, 5.41) is 8.22. The van der Waals surface area contributed by atoms with Crippen molar-refractivity contribution in [3.63, 3.8) is 0 Å². The van der Waals surface area contributed by atoms with Crippen LogP contribution in [0.1, 0.15) is 11.3 Å². The van der Waals surface area contributed by atoms with Crippen LogP contribution in [0.5, 0.6) is 5.75 Å². The Bertz CT molecular complexity index is 1490. The van der Waals surface area contributed by atoms with Gasteiger partial charge in [-0.15, -0.1) is 13.2 Å². The first kappa shape index (κ1) is 22.4. The maximum Gasteiger partial charge on any atom is 0.573 e. The van der Waals surface area contributed by atoms with Gasteiger partial charge in [-0.05, 0) is 42.8 Å². The molecule has 5 rings (SSSR count). The van der Waals surface area contributed by atoms with E-state index in [4.69, 9.17) is 4.52 Å². The predicted molar refractivity (Wildman–Crippen MR) is 112 cm³/mol. The Labute approximate surface area is 194 Å². The molecule has 0 bridgehead atoms. The molecule has 7 nitrogen and oxygen atoms in total. The standard InChI is InChI=1S/C23H14F5N5O2/c1-12-7-13(34-23(26,27)28)5-6-15(12)18-8-14(35-32-18)10-33-11-20-19(9-29-33)30-22(31-20)16-3-2-4-17(24)21(16)25/h2-9,11H,10H2,1H3. The van der Waals surface area contributed by atoms with Gasteiger partial charge in [-0.25, -0.2) is 18.7 Å². The summed E-state index contributed by atoms with van der Waals surface area (Å²) in [6.45, 7) is 1.79. The first-order valence-corrected chi connectivity index (χ1v) is 10.1. The number of rotatable bonds is 5. The van der Waals surface area contributed by atoms with Gasteiger partial charge in [0.15, 0.2) is 23.2 Å². The lowest BCUT2D eigenvalue weighted by Crippen LogP contribution is -2.17. The zero-order valence-corrected chi connectivity index (χ0v) is 17.8. The highest BCUT2D eigenvalue weighted by molar-refractivity contribution is 5.66. The van der Waals surface area contributed by atoms with Crippen molar-refractivity contribution in [3.8, 4) is 39.8 Å². The Kier molecular flexibility index (Phi) is 5.42. The number of halogens is 5. The number of imidazole rings is 1. The maximum absolute atomic E-state index is 14.1. The van der Waals surface area contributed by atoms with Gasteiger partial charge in [-0.2, -0.15) is 5.10 Å². The van der Waals surface area contributed by atoms with Crippen molar-refractivity contribution in [2.75, 3.05) is 0 Å². The summed E-state index contributed by atoms with van der Waals surface area (Å²) in [5.41, 5.74) is 2.27. The van der Waals surface area contributed by atoms with Gasteiger partial charge in [-0.3, -0.25) is 4.68 Å². The summed E-state index contributed by atoms with van der Waals surface area (Å²) < 4.78 is 75.7. The molecular formula is C23H14F5N5O2. The minimum Gasteiger partial charge on any atom is -0.406 e. The molecule has 2 aromatic carbocycles. The summed E-state index contributed by atoms with van der Waals surface area (Å²) in [6.07, 6.45) is -1.78. The molecule has 3 heterocycles. The van der Waals surface area contributed by atoms with Crippen molar-refractivity contribution < 1.29 is 31.2 Å². The molecule has 1 aromatic heterocycles. The Morgan fingerprint density at radius 2 is 1.77 bits per heavy atom. The number of hydrogen-bond donors (Lipinski definition) is 0. The van der Waals surface area contributed by atoms with E-state index in [1.54, 1.807) is 19.2 Å². The third-order valence-electron chi connectivity index (χ3n) is 5.09. The van der Waals surface area contributed by atoms with Crippen molar-refractivity contribution in [2.45, 2.75) is 19.8 Å². The molecule has 0 unspecified atom stereocenters. The normalized spacial score (nSPS) is 11.8. The van der Waals surface area contributed by atoms with Crippen molar-refractivity contribution in [1.82, 2.24) is 24.9 Å². The van der Waals surface area contributed by atoms with Crippen LogP contribution in [-0.2, 0) is 6.54 Å². The smallest absolute Gasteiger partial charge is 0.406 e. The van der Waals surface area contributed by atoms with E-state index in [2.05, 4.69) is 25.0 Å².